The second kappa shape index (κ2) is 10.1. The maximum Gasteiger partial charge on any atom is 0.251 e. The maximum absolute atomic E-state index is 12.4. The molecule has 1 aliphatic heterocycles. The van der Waals surface area contributed by atoms with Gasteiger partial charge in [-0.25, -0.2) is 0 Å². The number of aryl methyl sites for hydroxylation is 2. The highest BCUT2D eigenvalue weighted by molar-refractivity contribution is 5.96. The van der Waals surface area contributed by atoms with Crippen molar-refractivity contribution in [1.82, 2.24) is 15.5 Å². The van der Waals surface area contributed by atoms with Gasteiger partial charge in [-0.3, -0.25) is 14.5 Å². The van der Waals surface area contributed by atoms with E-state index in [0.29, 0.717) is 12.1 Å². The standard InChI is InChI=1S/C25H31N3O3/c29-23-10-12-28(13-11-23)17-22-5-2-1-4-21(22)15-26-24(30)16-27-25(31)20-9-8-18-6-3-7-19(18)14-20/h1-2,4-5,8-9,14,23,29H,3,6-7,10-13,15-17H2,(H,26,30)(H,27,31). The van der Waals surface area contributed by atoms with E-state index in [2.05, 4.69) is 21.6 Å². The Bertz CT molecular complexity index is 935. The van der Waals surface area contributed by atoms with Gasteiger partial charge in [0.1, 0.15) is 0 Å². The topological polar surface area (TPSA) is 81.7 Å². The van der Waals surface area contributed by atoms with E-state index in [1.807, 2.05) is 36.4 Å². The van der Waals surface area contributed by atoms with Crippen LogP contribution in [-0.4, -0.2) is 47.6 Å². The highest BCUT2D eigenvalue weighted by Crippen LogP contribution is 2.22. The smallest absolute Gasteiger partial charge is 0.251 e. The van der Waals surface area contributed by atoms with Crippen LogP contribution in [0.15, 0.2) is 42.5 Å². The van der Waals surface area contributed by atoms with E-state index in [4.69, 9.17) is 0 Å². The van der Waals surface area contributed by atoms with Gasteiger partial charge in [0.15, 0.2) is 0 Å². The van der Waals surface area contributed by atoms with Gasteiger partial charge in [0.05, 0.1) is 12.6 Å². The molecule has 2 aromatic rings. The zero-order valence-corrected chi connectivity index (χ0v) is 17.9. The normalized spacial score (nSPS) is 16.7. The number of piperidine rings is 1. The number of fused-ring (bicyclic) bond motifs is 1. The van der Waals surface area contributed by atoms with Crippen LogP contribution in [0.4, 0.5) is 0 Å². The molecule has 0 atom stereocenters. The molecule has 1 aliphatic carbocycles. The molecule has 164 valence electrons. The van der Waals surface area contributed by atoms with Crippen molar-refractivity contribution in [3.63, 3.8) is 0 Å². The summed E-state index contributed by atoms with van der Waals surface area (Å²) in [6.45, 7) is 2.98. The van der Waals surface area contributed by atoms with Gasteiger partial charge in [-0.1, -0.05) is 30.3 Å². The molecular weight excluding hydrogens is 390 g/mol. The molecule has 0 spiro atoms. The first-order chi connectivity index (χ1) is 15.1. The maximum atomic E-state index is 12.4. The van der Waals surface area contributed by atoms with Crippen molar-refractivity contribution in [1.29, 1.82) is 0 Å². The molecule has 3 N–H and O–H groups in total. The van der Waals surface area contributed by atoms with Crippen LogP contribution in [0.25, 0.3) is 0 Å². The SMILES string of the molecule is O=C(CNC(=O)c1ccc2c(c1)CCC2)NCc1ccccc1CN1CCC(O)CC1. The van der Waals surface area contributed by atoms with Gasteiger partial charge in [0.25, 0.3) is 5.91 Å². The molecule has 0 unspecified atom stereocenters. The zero-order valence-electron chi connectivity index (χ0n) is 17.9. The van der Waals surface area contributed by atoms with E-state index in [1.54, 1.807) is 0 Å². The molecule has 0 saturated carbocycles. The van der Waals surface area contributed by atoms with Crippen LogP contribution in [0.3, 0.4) is 0 Å². The summed E-state index contributed by atoms with van der Waals surface area (Å²) in [6, 6.07) is 13.9. The number of rotatable bonds is 7. The third-order valence-electron chi connectivity index (χ3n) is 6.32. The van der Waals surface area contributed by atoms with Gasteiger partial charge in [-0.15, -0.1) is 0 Å². The lowest BCUT2D eigenvalue weighted by atomic mass is 10.0. The van der Waals surface area contributed by atoms with Gasteiger partial charge in [0, 0.05) is 31.7 Å². The van der Waals surface area contributed by atoms with E-state index in [1.165, 1.54) is 16.7 Å². The number of likely N-dealkylation sites (tertiary alicyclic amines) is 1. The van der Waals surface area contributed by atoms with Crippen LogP contribution in [0.1, 0.15) is 51.9 Å². The van der Waals surface area contributed by atoms with Gasteiger partial charge in [-0.05, 0) is 66.5 Å². The average Bonchev–Trinajstić information content (AvgIpc) is 3.26. The third-order valence-corrected chi connectivity index (χ3v) is 6.32. The fourth-order valence-electron chi connectivity index (χ4n) is 4.43. The Kier molecular flexibility index (Phi) is 6.99. The third kappa shape index (κ3) is 5.71. The minimum atomic E-state index is -0.211. The first kappa shape index (κ1) is 21.5. The number of nitrogens with one attached hydrogen (secondary N) is 2. The molecule has 0 aromatic heterocycles. The number of carbonyl (C=O) groups is 2. The second-order valence-electron chi connectivity index (χ2n) is 8.57. The molecule has 31 heavy (non-hydrogen) atoms. The van der Waals surface area contributed by atoms with Crippen LogP contribution in [0.5, 0.6) is 0 Å². The average molecular weight is 422 g/mol. The Labute approximate surface area is 183 Å². The summed E-state index contributed by atoms with van der Waals surface area (Å²) in [6.07, 6.45) is 4.68. The Hall–Kier alpha value is -2.70. The number of aliphatic hydroxyl groups is 1. The lowest BCUT2D eigenvalue weighted by Gasteiger charge is -2.30. The fourth-order valence-corrected chi connectivity index (χ4v) is 4.43. The van der Waals surface area contributed by atoms with E-state index in [9.17, 15) is 14.7 Å². The summed E-state index contributed by atoms with van der Waals surface area (Å²) in [5.74, 6) is -0.414. The van der Waals surface area contributed by atoms with Gasteiger partial charge >= 0.3 is 0 Å². The van der Waals surface area contributed by atoms with E-state index >= 15 is 0 Å². The number of hydrogen-bond donors (Lipinski definition) is 3. The Morgan fingerprint density at radius 1 is 0.968 bits per heavy atom. The first-order valence-electron chi connectivity index (χ1n) is 11.2. The van der Waals surface area contributed by atoms with Crippen molar-refractivity contribution in [2.45, 2.75) is 51.3 Å². The first-order valence-corrected chi connectivity index (χ1v) is 11.2. The van der Waals surface area contributed by atoms with Crippen molar-refractivity contribution in [2.24, 2.45) is 0 Å². The predicted octanol–water partition coefficient (Wildman–Crippen LogP) is 2.18. The minimum absolute atomic E-state index is 0.0396. The summed E-state index contributed by atoms with van der Waals surface area (Å²) >= 11 is 0. The van der Waals surface area contributed by atoms with Crippen LogP contribution < -0.4 is 10.6 Å². The molecule has 4 rings (SSSR count). The van der Waals surface area contributed by atoms with Crippen LogP contribution >= 0.6 is 0 Å². The van der Waals surface area contributed by atoms with Crippen LogP contribution in [0, 0.1) is 0 Å². The highest BCUT2D eigenvalue weighted by Gasteiger charge is 2.18. The summed E-state index contributed by atoms with van der Waals surface area (Å²) in [5.41, 5.74) is 5.45. The molecule has 6 nitrogen and oxygen atoms in total. The summed E-state index contributed by atoms with van der Waals surface area (Å²) < 4.78 is 0. The van der Waals surface area contributed by atoms with Crippen LogP contribution in [0.2, 0.25) is 0 Å². The van der Waals surface area contributed by atoms with Crippen molar-refractivity contribution in [3.8, 4) is 0 Å². The van der Waals surface area contributed by atoms with E-state index in [0.717, 1.165) is 57.3 Å². The quantitative estimate of drug-likeness (QED) is 0.640. The summed E-state index contributed by atoms with van der Waals surface area (Å²) in [5, 5.41) is 15.3. The number of benzene rings is 2. The van der Waals surface area contributed by atoms with Crippen molar-refractivity contribution < 1.29 is 14.7 Å². The molecule has 1 saturated heterocycles. The summed E-state index contributed by atoms with van der Waals surface area (Å²) in [4.78, 5) is 27.1. The molecule has 2 aliphatic rings. The largest absolute Gasteiger partial charge is 0.393 e. The lowest BCUT2D eigenvalue weighted by Crippen LogP contribution is -2.37. The molecule has 2 aromatic carbocycles. The number of amides is 2. The van der Waals surface area contributed by atoms with E-state index in [-0.39, 0.29) is 24.5 Å². The van der Waals surface area contributed by atoms with Gasteiger partial charge in [-0.2, -0.15) is 0 Å². The number of carbonyl (C=O) groups excluding carboxylic acids is 2. The van der Waals surface area contributed by atoms with Crippen molar-refractivity contribution in [3.05, 3.63) is 70.3 Å². The second-order valence-corrected chi connectivity index (χ2v) is 8.57. The molecule has 6 heteroatoms. The fraction of sp³-hybridized carbons (Fsp3) is 0.440. The number of hydrogen-bond acceptors (Lipinski definition) is 4. The van der Waals surface area contributed by atoms with Gasteiger partial charge in [0.2, 0.25) is 5.91 Å². The molecule has 0 radical (unpaired) electrons. The number of nitrogens with zero attached hydrogens (tertiary/aromatic N) is 1. The Morgan fingerprint density at radius 2 is 1.71 bits per heavy atom. The van der Waals surface area contributed by atoms with Crippen molar-refractivity contribution >= 4 is 11.8 Å². The Morgan fingerprint density at radius 3 is 2.52 bits per heavy atom. The van der Waals surface area contributed by atoms with Crippen LogP contribution in [-0.2, 0) is 30.7 Å². The molecule has 1 fully saturated rings. The molecule has 0 bridgehead atoms. The van der Waals surface area contributed by atoms with Gasteiger partial charge < -0.3 is 15.7 Å². The molecule has 2 amide bonds. The molecule has 1 heterocycles. The Balaban J connectivity index is 1.26. The monoisotopic (exact) mass is 421 g/mol. The lowest BCUT2D eigenvalue weighted by molar-refractivity contribution is -0.120. The van der Waals surface area contributed by atoms with Crippen molar-refractivity contribution in [2.75, 3.05) is 19.6 Å². The number of aliphatic hydroxyl groups excluding tert-OH is 1. The zero-order chi connectivity index (χ0) is 21.6. The highest BCUT2D eigenvalue weighted by atomic mass is 16.3. The minimum Gasteiger partial charge on any atom is -0.393 e. The van der Waals surface area contributed by atoms with E-state index < -0.39 is 0 Å². The summed E-state index contributed by atoms with van der Waals surface area (Å²) in [7, 11) is 0. The molecular formula is C25H31N3O3. The predicted molar refractivity (Wildman–Crippen MR) is 120 cm³/mol.